The number of aryl methyl sites for hydroxylation is 1. The van der Waals surface area contributed by atoms with Crippen LogP contribution in [0.15, 0.2) is 36.7 Å². The van der Waals surface area contributed by atoms with E-state index in [0.717, 1.165) is 54.1 Å². The van der Waals surface area contributed by atoms with Crippen LogP contribution in [-0.2, 0) is 17.9 Å². The molecule has 0 bridgehead atoms. The van der Waals surface area contributed by atoms with Gasteiger partial charge in [0.2, 0.25) is 5.91 Å². The second-order valence-electron chi connectivity index (χ2n) is 7.04. The van der Waals surface area contributed by atoms with Crippen LogP contribution in [0.2, 0.25) is 0 Å². The van der Waals surface area contributed by atoms with Crippen molar-refractivity contribution in [1.29, 1.82) is 0 Å². The molecule has 1 fully saturated rings. The third kappa shape index (κ3) is 4.14. The van der Waals surface area contributed by atoms with E-state index in [2.05, 4.69) is 9.88 Å². The highest BCUT2D eigenvalue weighted by Crippen LogP contribution is 2.29. The second kappa shape index (κ2) is 7.70. The summed E-state index contributed by atoms with van der Waals surface area (Å²) in [5.41, 5.74) is 6.31. The Labute approximate surface area is 162 Å². The van der Waals surface area contributed by atoms with Gasteiger partial charge < -0.3 is 15.0 Å². The number of ether oxygens (including phenoxy) is 1. The Kier molecular flexibility index (Phi) is 5.13. The van der Waals surface area contributed by atoms with Gasteiger partial charge in [-0.3, -0.25) is 9.69 Å². The van der Waals surface area contributed by atoms with Crippen molar-refractivity contribution in [3.8, 4) is 5.75 Å². The van der Waals surface area contributed by atoms with Gasteiger partial charge in [0.1, 0.15) is 18.4 Å². The Morgan fingerprint density at radius 2 is 2.15 bits per heavy atom. The van der Waals surface area contributed by atoms with E-state index in [1.165, 1.54) is 4.88 Å². The van der Waals surface area contributed by atoms with Gasteiger partial charge in [-0.15, -0.1) is 11.3 Å². The number of hydrogen-bond donors (Lipinski definition) is 1. The summed E-state index contributed by atoms with van der Waals surface area (Å²) >= 11 is 1.77. The highest BCUT2D eigenvalue weighted by atomic mass is 32.1. The van der Waals surface area contributed by atoms with Crippen molar-refractivity contribution in [2.24, 2.45) is 5.73 Å². The average molecular weight is 385 g/mol. The van der Waals surface area contributed by atoms with Crippen LogP contribution in [0, 0.1) is 6.92 Å². The number of hydrogen-bond acceptors (Lipinski definition) is 5. The molecule has 2 aromatic heterocycles. The fourth-order valence-electron chi connectivity index (χ4n) is 3.67. The van der Waals surface area contributed by atoms with Crippen LogP contribution in [0.25, 0.3) is 10.9 Å². The largest absolute Gasteiger partial charge is 0.490 e. The van der Waals surface area contributed by atoms with E-state index in [9.17, 15) is 4.79 Å². The predicted molar refractivity (Wildman–Crippen MR) is 107 cm³/mol. The third-order valence-electron chi connectivity index (χ3n) is 4.98. The van der Waals surface area contributed by atoms with Crippen molar-refractivity contribution in [2.45, 2.75) is 39.0 Å². The van der Waals surface area contributed by atoms with E-state index in [4.69, 9.17) is 10.5 Å². The molecule has 6 nitrogen and oxygen atoms in total. The van der Waals surface area contributed by atoms with Crippen LogP contribution < -0.4 is 10.5 Å². The molecule has 0 saturated carbocycles. The van der Waals surface area contributed by atoms with Gasteiger partial charge in [0.25, 0.3) is 0 Å². The summed E-state index contributed by atoms with van der Waals surface area (Å²) in [4.78, 5) is 19.4. The van der Waals surface area contributed by atoms with Gasteiger partial charge in [-0.1, -0.05) is 6.07 Å². The number of piperidine rings is 1. The lowest BCUT2D eigenvalue weighted by Gasteiger charge is -2.31. The number of carbonyl (C=O) groups excluding carboxylic acids is 1. The SMILES string of the molecule is Cc1ncc(CN2CCC(Oc3cccc4c3ccn4CC(N)=O)CC2)s1. The zero-order chi connectivity index (χ0) is 18.8. The molecular weight excluding hydrogens is 360 g/mol. The maximum atomic E-state index is 11.2. The maximum absolute atomic E-state index is 11.2. The predicted octanol–water partition coefficient (Wildman–Crippen LogP) is 2.93. The average Bonchev–Trinajstić information content (AvgIpc) is 3.23. The molecular formula is C20H24N4O2S. The number of nitrogens with zero attached hydrogens (tertiary/aromatic N) is 3. The van der Waals surface area contributed by atoms with Gasteiger partial charge in [-0.25, -0.2) is 4.98 Å². The maximum Gasteiger partial charge on any atom is 0.237 e. The molecule has 1 aliphatic rings. The van der Waals surface area contributed by atoms with Crippen molar-refractivity contribution in [1.82, 2.24) is 14.5 Å². The Morgan fingerprint density at radius 3 is 2.85 bits per heavy atom. The minimum atomic E-state index is -0.345. The van der Waals surface area contributed by atoms with Gasteiger partial charge in [-0.05, 0) is 38.0 Å². The molecule has 0 unspecified atom stereocenters. The molecule has 0 spiro atoms. The Balaban J connectivity index is 1.39. The smallest absolute Gasteiger partial charge is 0.237 e. The standard InChI is InChI=1S/C20H24N4O2S/c1-14-22-11-16(27-14)12-23-8-5-15(6-9-23)26-19-4-2-3-18-17(19)7-10-24(18)13-20(21)25/h2-4,7,10-11,15H,5-6,8-9,12-13H2,1H3,(H2,21,25). The minimum Gasteiger partial charge on any atom is -0.490 e. The molecule has 1 aromatic carbocycles. The van der Waals surface area contributed by atoms with Crippen molar-refractivity contribution in [2.75, 3.05) is 13.1 Å². The minimum absolute atomic E-state index is 0.183. The first-order chi connectivity index (χ1) is 13.1. The summed E-state index contributed by atoms with van der Waals surface area (Å²) in [6.07, 6.45) is 6.11. The fraction of sp³-hybridized carbons (Fsp3) is 0.400. The van der Waals surface area contributed by atoms with Crippen LogP contribution in [0.5, 0.6) is 5.75 Å². The molecule has 3 aromatic rings. The van der Waals surface area contributed by atoms with E-state index in [1.54, 1.807) is 11.3 Å². The first-order valence-corrected chi connectivity index (χ1v) is 10.1. The topological polar surface area (TPSA) is 73.4 Å². The quantitative estimate of drug-likeness (QED) is 0.709. The third-order valence-corrected chi connectivity index (χ3v) is 5.87. The monoisotopic (exact) mass is 384 g/mol. The highest BCUT2D eigenvalue weighted by Gasteiger charge is 2.22. The number of thiazole rings is 1. The number of rotatable bonds is 6. The van der Waals surface area contributed by atoms with E-state index in [-0.39, 0.29) is 18.6 Å². The zero-order valence-corrected chi connectivity index (χ0v) is 16.2. The summed E-state index contributed by atoms with van der Waals surface area (Å²) in [6.45, 7) is 5.26. The normalized spacial score (nSPS) is 16.0. The molecule has 1 saturated heterocycles. The van der Waals surface area contributed by atoms with E-state index >= 15 is 0 Å². The number of aromatic nitrogens is 2. The van der Waals surface area contributed by atoms with E-state index < -0.39 is 0 Å². The van der Waals surface area contributed by atoms with E-state index in [1.807, 2.05) is 48.1 Å². The van der Waals surface area contributed by atoms with Crippen molar-refractivity contribution < 1.29 is 9.53 Å². The lowest BCUT2D eigenvalue weighted by atomic mass is 10.1. The fourth-order valence-corrected chi connectivity index (χ4v) is 4.50. The molecule has 4 rings (SSSR count). The molecule has 1 aliphatic heterocycles. The van der Waals surface area contributed by atoms with E-state index in [0.29, 0.717) is 0 Å². The Hall–Kier alpha value is -2.38. The summed E-state index contributed by atoms with van der Waals surface area (Å²) in [5.74, 6) is 0.537. The van der Waals surface area contributed by atoms with Crippen molar-refractivity contribution >= 4 is 28.1 Å². The summed E-state index contributed by atoms with van der Waals surface area (Å²) in [6, 6.07) is 7.96. The number of fused-ring (bicyclic) bond motifs is 1. The number of primary amides is 1. The molecule has 0 aliphatic carbocycles. The first kappa shape index (κ1) is 18.0. The lowest BCUT2D eigenvalue weighted by Crippen LogP contribution is -2.37. The van der Waals surface area contributed by atoms with Crippen LogP contribution in [0.3, 0.4) is 0 Å². The molecule has 0 atom stereocenters. The van der Waals surface area contributed by atoms with Crippen LogP contribution in [-0.4, -0.2) is 39.6 Å². The lowest BCUT2D eigenvalue weighted by molar-refractivity contribution is -0.118. The number of nitrogens with two attached hydrogens (primary N) is 1. The Morgan fingerprint density at radius 1 is 1.33 bits per heavy atom. The number of amides is 1. The number of likely N-dealkylation sites (tertiary alicyclic amines) is 1. The van der Waals surface area contributed by atoms with Crippen molar-refractivity contribution in [3.05, 3.63) is 46.5 Å². The Bertz CT molecular complexity index is 941. The summed E-state index contributed by atoms with van der Waals surface area (Å²) in [7, 11) is 0. The van der Waals surface area contributed by atoms with Gasteiger partial charge in [0.15, 0.2) is 0 Å². The van der Waals surface area contributed by atoms with Crippen LogP contribution in [0.4, 0.5) is 0 Å². The van der Waals surface area contributed by atoms with Gasteiger partial charge in [-0.2, -0.15) is 0 Å². The van der Waals surface area contributed by atoms with Gasteiger partial charge in [0, 0.05) is 42.3 Å². The van der Waals surface area contributed by atoms with Gasteiger partial charge in [0.05, 0.1) is 10.5 Å². The molecule has 0 radical (unpaired) electrons. The molecule has 142 valence electrons. The molecule has 3 heterocycles. The molecule has 7 heteroatoms. The van der Waals surface area contributed by atoms with Crippen molar-refractivity contribution in [3.63, 3.8) is 0 Å². The summed E-state index contributed by atoms with van der Waals surface area (Å²) in [5, 5.41) is 2.15. The molecule has 1 amide bonds. The number of carbonyl (C=O) groups is 1. The number of benzene rings is 1. The first-order valence-electron chi connectivity index (χ1n) is 9.25. The molecule has 27 heavy (non-hydrogen) atoms. The van der Waals surface area contributed by atoms with Crippen LogP contribution in [0.1, 0.15) is 22.7 Å². The van der Waals surface area contributed by atoms with Gasteiger partial charge >= 0.3 is 0 Å². The second-order valence-corrected chi connectivity index (χ2v) is 8.36. The molecule has 2 N–H and O–H groups in total. The van der Waals surface area contributed by atoms with Crippen LogP contribution >= 0.6 is 11.3 Å². The summed E-state index contributed by atoms with van der Waals surface area (Å²) < 4.78 is 8.19. The highest BCUT2D eigenvalue weighted by molar-refractivity contribution is 7.11. The zero-order valence-electron chi connectivity index (χ0n) is 15.4.